The van der Waals surface area contributed by atoms with Crippen LogP contribution in [-0.4, -0.2) is 31.0 Å². The Hall–Kier alpha value is -0.880. The normalized spacial score (nSPS) is 9.96. The molecule has 7 heteroatoms. The Morgan fingerprint density at radius 3 is 2.65 bits per heavy atom. The first-order valence-electron chi connectivity index (χ1n) is 7.55. The predicted octanol–water partition coefficient (Wildman–Crippen LogP) is 3.58. The molecule has 1 heterocycles. The van der Waals surface area contributed by atoms with Gasteiger partial charge in [-0.3, -0.25) is 4.79 Å². The van der Waals surface area contributed by atoms with Gasteiger partial charge >= 0.3 is 0 Å². The van der Waals surface area contributed by atoms with Crippen molar-refractivity contribution >= 4 is 52.3 Å². The summed E-state index contributed by atoms with van der Waals surface area (Å²) in [5.74, 6) is 0.162. The largest absolute Gasteiger partial charge is 0.356 e. The molecule has 130 valence electrons. The minimum Gasteiger partial charge on any atom is -0.356 e. The maximum absolute atomic E-state index is 11.6. The fraction of sp³-hybridized carbons (Fsp3) is 0.500. The van der Waals surface area contributed by atoms with Gasteiger partial charge in [-0.15, -0.1) is 36.2 Å². The number of unbranched alkanes of at least 4 members (excludes halogenated alkanes) is 1. The first-order valence-corrected chi connectivity index (χ1v) is 8.37. The number of hydrogen-bond acceptors (Lipinski definition) is 4. The van der Waals surface area contributed by atoms with E-state index in [4.69, 9.17) is 0 Å². The molecule has 1 aromatic heterocycles. The van der Waals surface area contributed by atoms with Crippen molar-refractivity contribution in [3.63, 3.8) is 0 Å². The van der Waals surface area contributed by atoms with Gasteiger partial charge in [0.1, 0.15) is 0 Å². The van der Waals surface area contributed by atoms with Gasteiger partial charge in [0.2, 0.25) is 5.91 Å². The van der Waals surface area contributed by atoms with Gasteiger partial charge in [-0.25, -0.2) is 4.98 Å². The standard InChI is InChI=1S/C16H23N3OS.2ClH/c1-17-11-6-12-18-15(20)9-4-5-10-16-19-13-7-2-3-8-14(13)21-16;;/h2-3,7-8,17H,4-6,9-12H2,1H3,(H,18,20);2*1H. The number of amides is 1. The number of nitrogens with one attached hydrogen (secondary N) is 2. The van der Waals surface area contributed by atoms with E-state index in [1.54, 1.807) is 11.3 Å². The summed E-state index contributed by atoms with van der Waals surface area (Å²) in [6, 6.07) is 8.22. The van der Waals surface area contributed by atoms with Gasteiger partial charge in [0.15, 0.2) is 0 Å². The summed E-state index contributed by atoms with van der Waals surface area (Å²) in [5.41, 5.74) is 1.08. The van der Waals surface area contributed by atoms with E-state index in [0.29, 0.717) is 6.42 Å². The van der Waals surface area contributed by atoms with E-state index in [9.17, 15) is 4.79 Å². The molecule has 1 amide bonds. The summed E-state index contributed by atoms with van der Waals surface area (Å²) in [7, 11) is 1.92. The molecule has 2 N–H and O–H groups in total. The lowest BCUT2D eigenvalue weighted by Crippen LogP contribution is -2.26. The minimum atomic E-state index is 0. The fourth-order valence-corrected chi connectivity index (χ4v) is 3.18. The average molecular weight is 378 g/mol. The van der Waals surface area contributed by atoms with E-state index in [2.05, 4.69) is 21.7 Å². The van der Waals surface area contributed by atoms with Crippen LogP contribution in [0.15, 0.2) is 24.3 Å². The fourth-order valence-electron chi connectivity index (χ4n) is 2.17. The predicted molar refractivity (Wildman–Crippen MR) is 103 cm³/mol. The molecule has 4 nitrogen and oxygen atoms in total. The molecule has 0 aliphatic rings. The van der Waals surface area contributed by atoms with Crippen LogP contribution in [0.5, 0.6) is 0 Å². The molecule has 0 saturated heterocycles. The second-order valence-corrected chi connectivity index (χ2v) is 6.20. The van der Waals surface area contributed by atoms with Crippen LogP contribution in [0, 0.1) is 0 Å². The van der Waals surface area contributed by atoms with Crippen LogP contribution in [0.1, 0.15) is 30.7 Å². The molecule has 1 aromatic carbocycles. The molecule has 0 spiro atoms. The number of carbonyl (C=O) groups is 1. The minimum absolute atomic E-state index is 0. The Labute approximate surface area is 154 Å². The zero-order chi connectivity index (χ0) is 14.9. The quantitative estimate of drug-likeness (QED) is 0.656. The molecule has 0 saturated carbocycles. The van der Waals surface area contributed by atoms with E-state index in [0.717, 1.165) is 44.3 Å². The third kappa shape index (κ3) is 7.97. The summed E-state index contributed by atoms with van der Waals surface area (Å²) >= 11 is 1.76. The van der Waals surface area contributed by atoms with Gasteiger partial charge in [-0.2, -0.15) is 0 Å². The lowest BCUT2D eigenvalue weighted by molar-refractivity contribution is -0.121. The van der Waals surface area contributed by atoms with Crippen molar-refractivity contribution in [2.45, 2.75) is 32.1 Å². The molecule has 2 rings (SSSR count). The van der Waals surface area contributed by atoms with Gasteiger partial charge < -0.3 is 10.6 Å². The summed E-state index contributed by atoms with van der Waals surface area (Å²) in [6.45, 7) is 1.70. The van der Waals surface area contributed by atoms with Gasteiger partial charge in [0, 0.05) is 13.0 Å². The number of benzene rings is 1. The Kier molecular flexibility index (Phi) is 12.1. The van der Waals surface area contributed by atoms with E-state index in [-0.39, 0.29) is 30.7 Å². The molecule has 0 atom stereocenters. The number of halogens is 2. The van der Waals surface area contributed by atoms with Crippen molar-refractivity contribution in [2.75, 3.05) is 20.1 Å². The lowest BCUT2D eigenvalue weighted by atomic mass is 10.2. The van der Waals surface area contributed by atoms with Crippen LogP contribution in [0.2, 0.25) is 0 Å². The number of aromatic nitrogens is 1. The second kappa shape index (κ2) is 12.5. The zero-order valence-electron chi connectivity index (χ0n) is 13.3. The molecule has 0 aliphatic heterocycles. The van der Waals surface area contributed by atoms with E-state index < -0.39 is 0 Å². The molecular formula is C16H25Cl2N3OS. The van der Waals surface area contributed by atoms with Crippen LogP contribution in [0.4, 0.5) is 0 Å². The van der Waals surface area contributed by atoms with Crippen LogP contribution < -0.4 is 10.6 Å². The smallest absolute Gasteiger partial charge is 0.219 e. The number of carbonyl (C=O) groups excluding carboxylic acids is 1. The molecule has 0 bridgehead atoms. The highest BCUT2D eigenvalue weighted by Crippen LogP contribution is 2.22. The summed E-state index contributed by atoms with van der Waals surface area (Å²) in [4.78, 5) is 16.2. The van der Waals surface area contributed by atoms with Crippen molar-refractivity contribution < 1.29 is 4.79 Å². The molecule has 0 aliphatic carbocycles. The molecule has 2 aromatic rings. The van der Waals surface area contributed by atoms with Crippen molar-refractivity contribution in [3.8, 4) is 0 Å². The van der Waals surface area contributed by atoms with E-state index >= 15 is 0 Å². The number of aryl methyl sites for hydroxylation is 1. The Bertz CT molecular complexity index is 544. The summed E-state index contributed by atoms with van der Waals surface area (Å²) in [6.07, 6.45) is 4.50. The lowest BCUT2D eigenvalue weighted by Gasteiger charge is -2.04. The third-order valence-corrected chi connectivity index (χ3v) is 4.40. The number of fused-ring (bicyclic) bond motifs is 1. The van der Waals surface area contributed by atoms with Crippen molar-refractivity contribution in [1.82, 2.24) is 15.6 Å². The highest BCUT2D eigenvalue weighted by molar-refractivity contribution is 7.18. The SMILES string of the molecule is CNCCCNC(=O)CCCCc1nc2ccccc2s1.Cl.Cl. The highest BCUT2D eigenvalue weighted by Gasteiger charge is 2.04. The van der Waals surface area contributed by atoms with E-state index in [1.807, 2.05) is 25.2 Å². The van der Waals surface area contributed by atoms with Crippen LogP contribution >= 0.6 is 36.2 Å². The maximum atomic E-state index is 11.6. The van der Waals surface area contributed by atoms with Crippen molar-refractivity contribution in [3.05, 3.63) is 29.3 Å². The second-order valence-electron chi connectivity index (χ2n) is 5.09. The number of para-hydroxylation sites is 1. The van der Waals surface area contributed by atoms with Crippen LogP contribution in [0.3, 0.4) is 0 Å². The Morgan fingerprint density at radius 1 is 1.13 bits per heavy atom. The van der Waals surface area contributed by atoms with E-state index in [1.165, 1.54) is 9.71 Å². The van der Waals surface area contributed by atoms with Crippen molar-refractivity contribution in [2.24, 2.45) is 0 Å². The van der Waals surface area contributed by atoms with Gasteiger partial charge in [0.05, 0.1) is 15.2 Å². The first-order chi connectivity index (χ1) is 10.3. The maximum Gasteiger partial charge on any atom is 0.219 e. The summed E-state index contributed by atoms with van der Waals surface area (Å²) < 4.78 is 1.25. The number of hydrogen-bond donors (Lipinski definition) is 2. The molecular weight excluding hydrogens is 353 g/mol. The molecule has 0 unspecified atom stereocenters. The summed E-state index contributed by atoms with van der Waals surface area (Å²) in [5, 5.41) is 7.18. The number of rotatable bonds is 9. The molecule has 0 radical (unpaired) electrons. The van der Waals surface area contributed by atoms with Gasteiger partial charge in [0.25, 0.3) is 0 Å². The van der Waals surface area contributed by atoms with Gasteiger partial charge in [-0.05, 0) is 51.4 Å². The van der Waals surface area contributed by atoms with Crippen LogP contribution in [0.25, 0.3) is 10.2 Å². The third-order valence-electron chi connectivity index (χ3n) is 3.31. The number of thiazole rings is 1. The zero-order valence-corrected chi connectivity index (χ0v) is 15.8. The Morgan fingerprint density at radius 2 is 1.91 bits per heavy atom. The average Bonchev–Trinajstić information content (AvgIpc) is 2.91. The number of nitrogens with zero attached hydrogens (tertiary/aromatic N) is 1. The first kappa shape index (κ1) is 22.1. The van der Waals surface area contributed by atoms with Crippen molar-refractivity contribution in [1.29, 1.82) is 0 Å². The molecule has 23 heavy (non-hydrogen) atoms. The Balaban J connectivity index is 0.00000242. The topological polar surface area (TPSA) is 54.0 Å². The monoisotopic (exact) mass is 377 g/mol. The molecule has 0 fully saturated rings. The van der Waals surface area contributed by atoms with Gasteiger partial charge in [-0.1, -0.05) is 12.1 Å². The van der Waals surface area contributed by atoms with Crippen LogP contribution in [-0.2, 0) is 11.2 Å². The highest BCUT2D eigenvalue weighted by atomic mass is 35.5.